The molecule has 2 amide bonds. The summed E-state index contributed by atoms with van der Waals surface area (Å²) in [5, 5.41) is 1.02. The van der Waals surface area contributed by atoms with E-state index in [1.54, 1.807) is 30.3 Å². The third-order valence-corrected chi connectivity index (χ3v) is 5.87. The number of rotatable bonds is 5. The van der Waals surface area contributed by atoms with Gasteiger partial charge in [0.2, 0.25) is 5.91 Å². The van der Waals surface area contributed by atoms with Crippen molar-refractivity contribution >= 4 is 35.0 Å². The van der Waals surface area contributed by atoms with Gasteiger partial charge in [0.15, 0.2) is 5.88 Å². The predicted molar refractivity (Wildman–Crippen MR) is 114 cm³/mol. The van der Waals surface area contributed by atoms with E-state index in [-0.39, 0.29) is 24.8 Å². The Morgan fingerprint density at radius 2 is 2.00 bits per heavy atom. The van der Waals surface area contributed by atoms with Gasteiger partial charge < -0.3 is 15.2 Å². The molecule has 1 unspecified atom stereocenters. The summed E-state index contributed by atoms with van der Waals surface area (Å²) in [6.45, 7) is 2.60. The molecule has 0 spiro atoms. The fraction of sp³-hybridized carbons (Fsp3) is 0.273. The van der Waals surface area contributed by atoms with Crippen LogP contribution in [0.15, 0.2) is 47.9 Å². The second kappa shape index (κ2) is 8.20. The molecule has 2 N–H and O–H groups in total. The van der Waals surface area contributed by atoms with Gasteiger partial charge in [-0.05, 0) is 37.1 Å². The standard InChI is InChI=1S/C22H20Cl2N2O4/c1-2-29-14-5-6-15-16-11-19(27)26(8-7-12-3-4-13(23)9-17(12)24)22(28)20(16)21(25)30-18(15)10-14/h3-6,9-10,16H,2,7-8,11,25H2,1H3. The highest BCUT2D eigenvalue weighted by Crippen LogP contribution is 2.44. The number of nitrogens with two attached hydrogens (primary N) is 1. The number of likely N-dealkylation sites (tertiary alicyclic amines) is 1. The number of benzene rings is 2. The Hall–Kier alpha value is -2.70. The number of piperidine rings is 1. The second-order valence-corrected chi connectivity index (χ2v) is 7.95. The van der Waals surface area contributed by atoms with E-state index in [4.69, 9.17) is 38.4 Å². The largest absolute Gasteiger partial charge is 0.494 e. The number of halogens is 2. The number of imide groups is 1. The molecule has 0 aromatic heterocycles. The van der Waals surface area contributed by atoms with Crippen molar-refractivity contribution in [2.45, 2.75) is 25.7 Å². The van der Waals surface area contributed by atoms with Gasteiger partial charge in [-0.15, -0.1) is 0 Å². The van der Waals surface area contributed by atoms with E-state index in [1.165, 1.54) is 4.90 Å². The van der Waals surface area contributed by atoms with Crippen molar-refractivity contribution in [3.05, 3.63) is 69.0 Å². The third-order valence-electron chi connectivity index (χ3n) is 5.28. The predicted octanol–water partition coefficient (Wildman–Crippen LogP) is 4.04. The first kappa shape index (κ1) is 20.6. The van der Waals surface area contributed by atoms with Gasteiger partial charge in [0, 0.05) is 40.6 Å². The van der Waals surface area contributed by atoms with Crippen LogP contribution in [0.3, 0.4) is 0 Å². The summed E-state index contributed by atoms with van der Waals surface area (Å²) < 4.78 is 11.2. The van der Waals surface area contributed by atoms with Crippen LogP contribution < -0.4 is 15.2 Å². The van der Waals surface area contributed by atoms with Crippen LogP contribution in [-0.2, 0) is 16.0 Å². The Balaban J connectivity index is 1.58. The van der Waals surface area contributed by atoms with Crippen molar-refractivity contribution in [3.63, 3.8) is 0 Å². The highest BCUT2D eigenvalue weighted by molar-refractivity contribution is 6.35. The second-order valence-electron chi connectivity index (χ2n) is 7.11. The smallest absolute Gasteiger partial charge is 0.262 e. The van der Waals surface area contributed by atoms with Gasteiger partial charge in [-0.25, -0.2) is 0 Å². The van der Waals surface area contributed by atoms with Gasteiger partial charge in [-0.3, -0.25) is 14.5 Å². The molecule has 0 aliphatic carbocycles. The first-order chi connectivity index (χ1) is 14.4. The average Bonchev–Trinajstić information content (AvgIpc) is 2.69. The molecular weight excluding hydrogens is 427 g/mol. The Labute approximate surface area is 184 Å². The van der Waals surface area contributed by atoms with Crippen LogP contribution >= 0.6 is 23.2 Å². The van der Waals surface area contributed by atoms with Crippen molar-refractivity contribution in [1.82, 2.24) is 4.90 Å². The highest BCUT2D eigenvalue weighted by atomic mass is 35.5. The van der Waals surface area contributed by atoms with Gasteiger partial charge in [-0.1, -0.05) is 35.3 Å². The summed E-state index contributed by atoms with van der Waals surface area (Å²) in [7, 11) is 0. The number of hydrogen-bond donors (Lipinski definition) is 1. The monoisotopic (exact) mass is 446 g/mol. The Morgan fingerprint density at radius 3 is 2.73 bits per heavy atom. The first-order valence-corrected chi connectivity index (χ1v) is 10.4. The van der Waals surface area contributed by atoms with E-state index in [0.29, 0.717) is 40.1 Å². The van der Waals surface area contributed by atoms with Crippen LogP contribution in [0.1, 0.15) is 30.4 Å². The van der Waals surface area contributed by atoms with Gasteiger partial charge in [0.1, 0.15) is 11.5 Å². The minimum atomic E-state index is -0.432. The normalized spacial score (nSPS) is 18.1. The maximum atomic E-state index is 13.1. The molecule has 156 valence electrons. The average molecular weight is 447 g/mol. The van der Waals surface area contributed by atoms with Crippen LogP contribution in [-0.4, -0.2) is 29.9 Å². The SMILES string of the molecule is CCOc1ccc2c(c1)OC(N)=C1C(=O)N(CCc3ccc(Cl)cc3Cl)C(=O)CC12. The van der Waals surface area contributed by atoms with Crippen molar-refractivity contribution < 1.29 is 19.1 Å². The molecule has 2 aromatic carbocycles. The number of hydrogen-bond acceptors (Lipinski definition) is 5. The van der Waals surface area contributed by atoms with Crippen LogP contribution in [0, 0.1) is 0 Å². The number of amides is 2. The highest BCUT2D eigenvalue weighted by Gasteiger charge is 2.43. The molecule has 0 saturated carbocycles. The van der Waals surface area contributed by atoms with E-state index in [1.807, 2.05) is 13.0 Å². The van der Waals surface area contributed by atoms with Crippen LogP contribution in [0.25, 0.3) is 0 Å². The molecular formula is C22H20Cl2N2O4. The van der Waals surface area contributed by atoms with Crippen molar-refractivity contribution in [2.75, 3.05) is 13.2 Å². The molecule has 8 heteroatoms. The number of nitrogens with zero attached hydrogens (tertiary/aromatic N) is 1. The topological polar surface area (TPSA) is 81.9 Å². The number of carbonyl (C=O) groups excluding carboxylic acids is 2. The molecule has 2 aliphatic heterocycles. The fourth-order valence-electron chi connectivity index (χ4n) is 3.84. The fourth-order valence-corrected chi connectivity index (χ4v) is 4.34. The molecule has 2 heterocycles. The number of carbonyl (C=O) groups is 2. The van der Waals surface area contributed by atoms with Gasteiger partial charge in [-0.2, -0.15) is 0 Å². The summed E-state index contributed by atoms with van der Waals surface area (Å²) in [5.74, 6) is 0.0522. The summed E-state index contributed by atoms with van der Waals surface area (Å²) in [6.07, 6.45) is 0.557. The zero-order valence-electron chi connectivity index (χ0n) is 16.3. The van der Waals surface area contributed by atoms with Crippen LogP contribution in [0.2, 0.25) is 10.0 Å². The minimum Gasteiger partial charge on any atom is -0.494 e. The number of fused-ring (bicyclic) bond motifs is 3. The van der Waals surface area contributed by atoms with Crippen molar-refractivity contribution in [2.24, 2.45) is 5.73 Å². The minimum absolute atomic E-state index is 0.0215. The summed E-state index contributed by atoms with van der Waals surface area (Å²) in [6, 6.07) is 10.5. The summed E-state index contributed by atoms with van der Waals surface area (Å²) in [4.78, 5) is 27.2. The zero-order valence-corrected chi connectivity index (χ0v) is 17.8. The molecule has 0 bridgehead atoms. The molecule has 2 aromatic rings. The van der Waals surface area contributed by atoms with Gasteiger partial charge in [0.25, 0.3) is 5.91 Å². The van der Waals surface area contributed by atoms with Gasteiger partial charge in [0.05, 0.1) is 12.2 Å². The number of ether oxygens (including phenoxy) is 2. The molecule has 1 atom stereocenters. The van der Waals surface area contributed by atoms with Crippen molar-refractivity contribution in [1.29, 1.82) is 0 Å². The first-order valence-electron chi connectivity index (χ1n) is 9.62. The molecule has 30 heavy (non-hydrogen) atoms. The lowest BCUT2D eigenvalue weighted by Gasteiger charge is -2.36. The van der Waals surface area contributed by atoms with Gasteiger partial charge >= 0.3 is 0 Å². The van der Waals surface area contributed by atoms with E-state index >= 15 is 0 Å². The Morgan fingerprint density at radius 1 is 1.20 bits per heavy atom. The summed E-state index contributed by atoms with van der Waals surface area (Å²) in [5.41, 5.74) is 7.97. The summed E-state index contributed by atoms with van der Waals surface area (Å²) >= 11 is 12.1. The van der Waals surface area contributed by atoms with Crippen LogP contribution in [0.4, 0.5) is 0 Å². The van der Waals surface area contributed by atoms with E-state index in [2.05, 4.69) is 0 Å². The lowest BCUT2D eigenvalue weighted by molar-refractivity contribution is -0.145. The Kier molecular flexibility index (Phi) is 5.62. The van der Waals surface area contributed by atoms with E-state index < -0.39 is 11.8 Å². The van der Waals surface area contributed by atoms with E-state index in [0.717, 1.165) is 11.1 Å². The lowest BCUT2D eigenvalue weighted by atomic mass is 9.82. The molecule has 0 radical (unpaired) electrons. The molecule has 1 saturated heterocycles. The maximum absolute atomic E-state index is 13.1. The molecule has 2 aliphatic rings. The maximum Gasteiger partial charge on any atom is 0.262 e. The third kappa shape index (κ3) is 3.73. The van der Waals surface area contributed by atoms with Crippen LogP contribution in [0.5, 0.6) is 11.5 Å². The lowest BCUT2D eigenvalue weighted by Crippen LogP contribution is -2.47. The van der Waals surface area contributed by atoms with E-state index in [9.17, 15) is 9.59 Å². The van der Waals surface area contributed by atoms with Crippen molar-refractivity contribution in [3.8, 4) is 11.5 Å². The molecule has 1 fully saturated rings. The Bertz CT molecular complexity index is 1070. The molecule has 4 rings (SSSR count). The zero-order chi connectivity index (χ0) is 21.4. The molecule has 6 nitrogen and oxygen atoms in total. The quantitative estimate of drug-likeness (QED) is 0.700.